The summed E-state index contributed by atoms with van der Waals surface area (Å²) in [6.45, 7) is 5.84. The van der Waals surface area contributed by atoms with E-state index in [0.29, 0.717) is 60.8 Å². The Hall–Kier alpha value is -1.90. The van der Waals surface area contributed by atoms with Gasteiger partial charge in [-0.15, -0.1) is 0 Å². The van der Waals surface area contributed by atoms with Gasteiger partial charge in [0, 0.05) is 43.6 Å². The molecule has 1 saturated heterocycles. The Kier molecular flexibility index (Phi) is 6.97. The van der Waals surface area contributed by atoms with Gasteiger partial charge in [-0.05, 0) is 39.2 Å². The van der Waals surface area contributed by atoms with Crippen LogP contribution >= 0.6 is 15.9 Å². The first-order chi connectivity index (χ1) is 13.8. The molecular formula is C21H28BrN3O4. The number of carbonyl (C=O) groups excluding carboxylic acids is 1. The summed E-state index contributed by atoms with van der Waals surface area (Å²) < 4.78 is 11.6. The first kappa shape index (κ1) is 21.8. The summed E-state index contributed by atoms with van der Waals surface area (Å²) in [5, 5.41) is 0.426. The van der Waals surface area contributed by atoms with Gasteiger partial charge in [-0.1, -0.05) is 15.9 Å². The number of fused-ring (bicyclic) bond motifs is 1. The third kappa shape index (κ3) is 4.82. The summed E-state index contributed by atoms with van der Waals surface area (Å²) >= 11 is 3.54. The third-order valence-electron chi connectivity index (χ3n) is 5.08. The Bertz CT molecular complexity index is 935. The van der Waals surface area contributed by atoms with E-state index in [1.807, 2.05) is 30.8 Å². The molecule has 2 aromatic rings. The molecule has 7 nitrogen and oxygen atoms in total. The van der Waals surface area contributed by atoms with Crippen molar-refractivity contribution in [1.82, 2.24) is 9.80 Å². The van der Waals surface area contributed by atoms with Gasteiger partial charge in [-0.25, -0.2) is 0 Å². The summed E-state index contributed by atoms with van der Waals surface area (Å²) in [5.41, 5.74) is 1.44. The number of amides is 1. The standard InChI is InChI=1S/C21H28BrN3O4/c1-14(22)18-19(26)16-13-15(20(27)24(4)8-7-23(2)3)5-6-17(16)29-21(18)25-9-11-28-12-10-25/h5-6,13-14H,7-12H2,1-4H3. The molecule has 0 radical (unpaired) electrons. The minimum absolute atomic E-state index is 0.109. The van der Waals surface area contributed by atoms with Crippen LogP contribution in [0.5, 0.6) is 0 Å². The highest BCUT2D eigenvalue weighted by Gasteiger charge is 2.25. The maximum absolute atomic E-state index is 13.3. The molecule has 158 valence electrons. The van der Waals surface area contributed by atoms with Crippen molar-refractivity contribution in [3.63, 3.8) is 0 Å². The Labute approximate surface area is 179 Å². The molecule has 8 heteroatoms. The van der Waals surface area contributed by atoms with E-state index in [4.69, 9.17) is 9.15 Å². The van der Waals surface area contributed by atoms with Gasteiger partial charge in [0.1, 0.15) is 5.58 Å². The summed E-state index contributed by atoms with van der Waals surface area (Å²) in [6, 6.07) is 5.09. The van der Waals surface area contributed by atoms with Gasteiger partial charge >= 0.3 is 0 Å². The molecular weight excluding hydrogens is 438 g/mol. The van der Waals surface area contributed by atoms with Crippen molar-refractivity contribution in [3.8, 4) is 0 Å². The predicted molar refractivity (Wildman–Crippen MR) is 118 cm³/mol. The van der Waals surface area contributed by atoms with Crippen LogP contribution < -0.4 is 10.3 Å². The number of likely N-dealkylation sites (N-methyl/N-ethyl adjacent to an activating group) is 2. The monoisotopic (exact) mass is 465 g/mol. The zero-order valence-electron chi connectivity index (χ0n) is 17.4. The van der Waals surface area contributed by atoms with Gasteiger partial charge in [0.25, 0.3) is 5.91 Å². The number of benzene rings is 1. The maximum Gasteiger partial charge on any atom is 0.253 e. The number of carbonyl (C=O) groups is 1. The average molecular weight is 466 g/mol. The van der Waals surface area contributed by atoms with E-state index in [1.54, 1.807) is 30.1 Å². The highest BCUT2D eigenvalue weighted by Crippen LogP contribution is 2.32. The average Bonchev–Trinajstić information content (AvgIpc) is 2.71. The number of morpholine rings is 1. The molecule has 1 fully saturated rings. The molecule has 1 unspecified atom stereocenters. The van der Waals surface area contributed by atoms with Crippen molar-refractivity contribution in [2.45, 2.75) is 11.8 Å². The second-order valence-corrected chi connectivity index (χ2v) is 8.98. The fourth-order valence-corrected chi connectivity index (χ4v) is 3.76. The van der Waals surface area contributed by atoms with E-state index in [1.165, 1.54) is 0 Å². The number of anilines is 1. The largest absolute Gasteiger partial charge is 0.440 e. The maximum atomic E-state index is 13.3. The number of hydrogen-bond acceptors (Lipinski definition) is 6. The lowest BCUT2D eigenvalue weighted by Gasteiger charge is -2.29. The summed E-state index contributed by atoms with van der Waals surface area (Å²) in [5.74, 6) is 0.469. The van der Waals surface area contributed by atoms with E-state index in [2.05, 4.69) is 15.9 Å². The Morgan fingerprint density at radius 3 is 2.52 bits per heavy atom. The molecule has 2 heterocycles. The lowest BCUT2D eigenvalue weighted by molar-refractivity contribution is 0.0786. The quantitative estimate of drug-likeness (QED) is 0.611. The Morgan fingerprint density at radius 2 is 1.90 bits per heavy atom. The predicted octanol–water partition coefficient (Wildman–Crippen LogP) is 2.72. The molecule has 1 aliphatic rings. The van der Waals surface area contributed by atoms with Crippen LogP contribution in [0.4, 0.5) is 5.88 Å². The fourth-order valence-electron chi connectivity index (χ4n) is 3.35. The van der Waals surface area contributed by atoms with Crippen molar-refractivity contribution in [3.05, 3.63) is 39.5 Å². The molecule has 1 atom stereocenters. The molecule has 0 bridgehead atoms. The SMILES string of the molecule is CC(Br)c1c(N2CCOCC2)oc2ccc(C(=O)N(C)CCN(C)C)cc2c1=O. The molecule has 29 heavy (non-hydrogen) atoms. The van der Waals surface area contributed by atoms with Crippen LogP contribution in [0.1, 0.15) is 27.7 Å². The van der Waals surface area contributed by atoms with Crippen molar-refractivity contribution in [2.24, 2.45) is 0 Å². The van der Waals surface area contributed by atoms with E-state index in [9.17, 15) is 9.59 Å². The smallest absolute Gasteiger partial charge is 0.253 e. The summed E-state index contributed by atoms with van der Waals surface area (Å²) in [4.78, 5) is 31.7. The second kappa shape index (κ2) is 9.28. The van der Waals surface area contributed by atoms with Crippen LogP contribution in [-0.2, 0) is 4.74 Å². The first-order valence-corrected chi connectivity index (χ1v) is 10.7. The Morgan fingerprint density at radius 1 is 1.21 bits per heavy atom. The number of halogens is 1. The molecule has 1 aromatic heterocycles. The third-order valence-corrected chi connectivity index (χ3v) is 5.54. The van der Waals surface area contributed by atoms with E-state index >= 15 is 0 Å². The van der Waals surface area contributed by atoms with Crippen molar-refractivity contribution >= 4 is 38.7 Å². The highest BCUT2D eigenvalue weighted by atomic mass is 79.9. The molecule has 1 aliphatic heterocycles. The molecule has 0 aliphatic carbocycles. The van der Waals surface area contributed by atoms with E-state index < -0.39 is 0 Å². The fraction of sp³-hybridized carbons (Fsp3) is 0.524. The van der Waals surface area contributed by atoms with Gasteiger partial charge in [-0.3, -0.25) is 9.59 Å². The van der Waals surface area contributed by atoms with Crippen LogP contribution in [0.15, 0.2) is 27.4 Å². The molecule has 0 spiro atoms. The van der Waals surface area contributed by atoms with E-state index in [0.717, 1.165) is 6.54 Å². The van der Waals surface area contributed by atoms with Crippen molar-refractivity contribution in [2.75, 3.05) is 65.4 Å². The van der Waals surface area contributed by atoms with Crippen LogP contribution in [0.25, 0.3) is 11.0 Å². The molecule has 3 rings (SSSR count). The van der Waals surface area contributed by atoms with E-state index in [-0.39, 0.29) is 16.2 Å². The van der Waals surface area contributed by atoms with Gasteiger partial charge in [-0.2, -0.15) is 0 Å². The number of nitrogens with zero attached hydrogens (tertiary/aromatic N) is 3. The highest BCUT2D eigenvalue weighted by molar-refractivity contribution is 9.09. The molecule has 0 saturated carbocycles. The van der Waals surface area contributed by atoms with Crippen molar-refractivity contribution in [1.29, 1.82) is 0 Å². The van der Waals surface area contributed by atoms with Crippen LogP contribution in [0.3, 0.4) is 0 Å². The lowest BCUT2D eigenvalue weighted by atomic mass is 10.1. The Balaban J connectivity index is 2.01. The number of alkyl halides is 1. The van der Waals surface area contributed by atoms with Crippen LogP contribution in [0, 0.1) is 0 Å². The van der Waals surface area contributed by atoms with Gasteiger partial charge in [0.05, 0.1) is 24.2 Å². The topological polar surface area (TPSA) is 66.2 Å². The molecule has 1 aromatic carbocycles. The number of hydrogen-bond donors (Lipinski definition) is 0. The van der Waals surface area contributed by atoms with Crippen LogP contribution in [0.2, 0.25) is 0 Å². The van der Waals surface area contributed by atoms with Gasteiger partial charge in [0.2, 0.25) is 5.88 Å². The molecule has 1 amide bonds. The van der Waals surface area contributed by atoms with Gasteiger partial charge < -0.3 is 23.9 Å². The zero-order chi connectivity index (χ0) is 21.1. The molecule has 0 N–H and O–H groups in total. The summed E-state index contributed by atoms with van der Waals surface area (Å²) in [6.07, 6.45) is 0. The van der Waals surface area contributed by atoms with Gasteiger partial charge in [0.15, 0.2) is 5.43 Å². The number of ether oxygens (including phenoxy) is 1. The number of rotatable bonds is 6. The zero-order valence-corrected chi connectivity index (χ0v) is 19.0. The normalized spacial score (nSPS) is 15.7. The van der Waals surface area contributed by atoms with Crippen LogP contribution in [-0.4, -0.2) is 76.2 Å². The second-order valence-electron chi connectivity index (χ2n) is 7.61. The van der Waals surface area contributed by atoms with Crippen molar-refractivity contribution < 1.29 is 13.9 Å². The minimum Gasteiger partial charge on any atom is -0.440 e. The minimum atomic E-state index is -0.178. The lowest BCUT2D eigenvalue weighted by Crippen LogP contribution is -2.37. The first-order valence-electron chi connectivity index (χ1n) is 9.77. The summed E-state index contributed by atoms with van der Waals surface area (Å²) in [7, 11) is 5.70.